The van der Waals surface area contributed by atoms with Crippen LogP contribution in [0.2, 0.25) is 0 Å². The maximum absolute atomic E-state index is 5.65. The van der Waals surface area contributed by atoms with Crippen molar-refractivity contribution < 1.29 is 9.47 Å². The van der Waals surface area contributed by atoms with Crippen LogP contribution in [0.5, 0.6) is 0 Å². The van der Waals surface area contributed by atoms with Gasteiger partial charge in [-0.1, -0.05) is 0 Å². The molecule has 0 spiro atoms. The summed E-state index contributed by atoms with van der Waals surface area (Å²) in [5.74, 6) is -1.13. The van der Waals surface area contributed by atoms with Crippen LogP contribution in [0.4, 0.5) is 0 Å². The highest BCUT2D eigenvalue weighted by Gasteiger charge is 2.23. The van der Waals surface area contributed by atoms with Crippen LogP contribution in [0.1, 0.15) is 6.42 Å². The Morgan fingerprint density at radius 2 is 1.50 bits per heavy atom. The van der Waals surface area contributed by atoms with Crippen LogP contribution < -0.4 is 17.2 Å². The number of nitrogens with two attached hydrogens (primary N) is 3. The van der Waals surface area contributed by atoms with Gasteiger partial charge in [-0.3, -0.25) is 5.73 Å². The van der Waals surface area contributed by atoms with Gasteiger partial charge in [0, 0.05) is 19.5 Å². The quantitative estimate of drug-likeness (QED) is 0.422. The number of hydrogen-bond donors (Lipinski definition) is 3. The third kappa shape index (κ3) is 4.63. The molecule has 0 bridgehead atoms. The van der Waals surface area contributed by atoms with E-state index in [4.69, 9.17) is 26.7 Å². The fourth-order valence-corrected chi connectivity index (χ4v) is 0.649. The zero-order chi connectivity index (χ0) is 9.45. The Kier molecular flexibility index (Phi) is 6.23. The van der Waals surface area contributed by atoms with Gasteiger partial charge in [-0.2, -0.15) is 0 Å². The lowest BCUT2D eigenvalue weighted by Gasteiger charge is -2.27. The normalized spacial score (nSPS) is 12.0. The van der Waals surface area contributed by atoms with E-state index >= 15 is 0 Å². The monoisotopic (exact) mass is 176 g/mol. The first-order valence-corrected chi connectivity index (χ1v) is 3.94. The summed E-state index contributed by atoms with van der Waals surface area (Å²) in [7, 11) is 0. The van der Waals surface area contributed by atoms with Crippen molar-refractivity contribution in [3.63, 3.8) is 0 Å². The summed E-state index contributed by atoms with van der Waals surface area (Å²) in [4.78, 5) is 0. The maximum atomic E-state index is 5.65. The molecule has 0 heterocycles. The van der Waals surface area contributed by atoms with Gasteiger partial charge in [0.05, 0.1) is 13.2 Å². The van der Waals surface area contributed by atoms with Gasteiger partial charge < -0.3 is 20.9 Å². The summed E-state index contributed by atoms with van der Waals surface area (Å²) in [6, 6.07) is 0. The minimum Gasteiger partial charge on any atom is -0.336 e. The highest BCUT2D eigenvalue weighted by atomic mass is 16.7. The molecule has 5 heteroatoms. The van der Waals surface area contributed by atoms with E-state index in [1.807, 2.05) is 0 Å². The van der Waals surface area contributed by atoms with E-state index in [0.29, 0.717) is 32.7 Å². The summed E-state index contributed by atoms with van der Waals surface area (Å²) in [5.41, 5.74) is 16.1. The highest BCUT2D eigenvalue weighted by Crippen LogP contribution is 2.08. The fraction of sp³-hybridized carbons (Fsp3) is 0.857. The van der Waals surface area contributed by atoms with E-state index in [1.165, 1.54) is 0 Å². The Balaban J connectivity index is 3.70. The van der Waals surface area contributed by atoms with E-state index in [1.54, 1.807) is 0 Å². The molecule has 0 aromatic carbocycles. The molecule has 0 unspecified atom stereocenters. The van der Waals surface area contributed by atoms with Crippen molar-refractivity contribution in [2.24, 2.45) is 17.2 Å². The molecule has 73 valence electrons. The Hall–Kier alpha value is -0.200. The summed E-state index contributed by atoms with van der Waals surface area (Å²) >= 11 is 0. The first kappa shape index (κ1) is 11.8. The van der Waals surface area contributed by atoms with E-state index in [9.17, 15) is 0 Å². The van der Waals surface area contributed by atoms with Crippen molar-refractivity contribution >= 4 is 0 Å². The molecule has 0 rings (SSSR count). The van der Waals surface area contributed by atoms with Crippen LogP contribution in [-0.2, 0) is 9.47 Å². The predicted molar refractivity (Wildman–Crippen MR) is 46.9 cm³/mol. The molecule has 1 radical (unpaired) electrons. The van der Waals surface area contributed by atoms with Crippen molar-refractivity contribution in [1.82, 2.24) is 0 Å². The lowest BCUT2D eigenvalue weighted by molar-refractivity contribution is -0.229. The molecule has 5 nitrogen and oxygen atoms in total. The molecule has 0 amide bonds. The Labute approximate surface area is 73.2 Å². The maximum Gasteiger partial charge on any atom is 0.224 e. The van der Waals surface area contributed by atoms with E-state index in [0.717, 1.165) is 0 Å². The van der Waals surface area contributed by atoms with Crippen LogP contribution in [0.25, 0.3) is 0 Å². The van der Waals surface area contributed by atoms with Crippen LogP contribution in [0.3, 0.4) is 0 Å². The lowest BCUT2D eigenvalue weighted by Crippen LogP contribution is -2.47. The molecule has 0 aromatic rings. The molecule has 0 aliphatic rings. The molecule has 12 heavy (non-hydrogen) atoms. The molecule has 0 aliphatic carbocycles. The third-order valence-corrected chi connectivity index (χ3v) is 1.28. The van der Waals surface area contributed by atoms with Gasteiger partial charge in [0.15, 0.2) is 0 Å². The topological polar surface area (TPSA) is 96.5 Å². The van der Waals surface area contributed by atoms with Crippen LogP contribution in [0.15, 0.2) is 0 Å². The number of hydrogen-bond acceptors (Lipinski definition) is 5. The van der Waals surface area contributed by atoms with E-state index in [-0.39, 0.29) is 0 Å². The molecule has 0 saturated heterocycles. The Bertz CT molecular complexity index is 103. The Morgan fingerprint density at radius 1 is 1.08 bits per heavy atom. The van der Waals surface area contributed by atoms with Crippen molar-refractivity contribution in [2.75, 3.05) is 26.3 Å². The summed E-state index contributed by atoms with van der Waals surface area (Å²) in [5, 5.41) is 0. The third-order valence-electron chi connectivity index (χ3n) is 1.28. The van der Waals surface area contributed by atoms with Crippen LogP contribution in [0, 0.1) is 6.92 Å². The summed E-state index contributed by atoms with van der Waals surface area (Å²) in [6.07, 6.45) is 0.326. The standard InChI is InChI=1S/C7H18N3O2/c1-2-7(10,11-5-3-8)12-6-4-9/h1-6,8-10H2. The van der Waals surface area contributed by atoms with Gasteiger partial charge in [-0.25, -0.2) is 0 Å². The van der Waals surface area contributed by atoms with E-state index in [2.05, 4.69) is 6.92 Å². The second kappa shape index (κ2) is 6.33. The number of rotatable bonds is 7. The smallest absolute Gasteiger partial charge is 0.224 e. The summed E-state index contributed by atoms with van der Waals surface area (Å²) < 4.78 is 10.3. The van der Waals surface area contributed by atoms with Crippen molar-refractivity contribution in [3.8, 4) is 0 Å². The van der Waals surface area contributed by atoms with Crippen molar-refractivity contribution in [2.45, 2.75) is 12.3 Å². The average Bonchev–Trinajstić information content (AvgIpc) is 2.11. The largest absolute Gasteiger partial charge is 0.336 e. The van der Waals surface area contributed by atoms with Gasteiger partial charge in [0.1, 0.15) is 0 Å². The minimum atomic E-state index is -1.13. The Morgan fingerprint density at radius 3 is 1.75 bits per heavy atom. The average molecular weight is 176 g/mol. The molecule has 0 saturated carbocycles. The van der Waals surface area contributed by atoms with Gasteiger partial charge >= 0.3 is 0 Å². The van der Waals surface area contributed by atoms with Gasteiger partial charge in [-0.15, -0.1) is 0 Å². The van der Waals surface area contributed by atoms with Gasteiger partial charge in [0.25, 0.3) is 0 Å². The molecular weight excluding hydrogens is 158 g/mol. The fourth-order valence-electron chi connectivity index (χ4n) is 0.649. The molecule has 0 aliphatic heterocycles. The van der Waals surface area contributed by atoms with Crippen molar-refractivity contribution in [1.29, 1.82) is 0 Å². The second-order valence-corrected chi connectivity index (χ2v) is 2.34. The molecule has 0 aromatic heterocycles. The highest BCUT2D eigenvalue weighted by molar-refractivity contribution is 4.63. The van der Waals surface area contributed by atoms with Gasteiger partial charge in [-0.05, 0) is 6.92 Å². The lowest BCUT2D eigenvalue weighted by atomic mass is 10.4. The molecule has 0 fully saturated rings. The number of ether oxygens (including phenoxy) is 2. The first-order chi connectivity index (χ1) is 5.68. The predicted octanol–water partition coefficient (Wildman–Crippen LogP) is -1.23. The van der Waals surface area contributed by atoms with Crippen LogP contribution in [-0.4, -0.2) is 32.2 Å². The van der Waals surface area contributed by atoms with E-state index < -0.39 is 5.91 Å². The molecule has 6 N–H and O–H groups in total. The SMILES string of the molecule is [CH2]CC(N)(OCCN)OCCN. The minimum absolute atomic E-state index is 0.326. The van der Waals surface area contributed by atoms with Crippen LogP contribution >= 0.6 is 0 Å². The first-order valence-electron chi connectivity index (χ1n) is 3.94. The zero-order valence-corrected chi connectivity index (χ0v) is 7.29. The second-order valence-electron chi connectivity index (χ2n) is 2.34. The zero-order valence-electron chi connectivity index (χ0n) is 7.29. The molecular formula is C7H18N3O2. The molecule has 0 atom stereocenters. The summed E-state index contributed by atoms with van der Waals surface area (Å²) in [6.45, 7) is 5.14. The van der Waals surface area contributed by atoms with Gasteiger partial charge in [0.2, 0.25) is 5.91 Å². The van der Waals surface area contributed by atoms with Crippen molar-refractivity contribution in [3.05, 3.63) is 6.92 Å².